The molecule has 0 saturated carbocycles. The number of benzene rings is 1. The molecule has 0 saturated heterocycles. The maximum absolute atomic E-state index is 13.4. The van der Waals surface area contributed by atoms with Crippen molar-refractivity contribution in [1.29, 1.82) is 0 Å². The summed E-state index contributed by atoms with van der Waals surface area (Å²) in [5.41, 5.74) is 0. The number of rotatable bonds is 4. The second-order valence-electron chi connectivity index (χ2n) is 3.35. The van der Waals surface area contributed by atoms with Gasteiger partial charge in [-0.1, -0.05) is 11.8 Å². The summed E-state index contributed by atoms with van der Waals surface area (Å²) in [5.74, 6) is -2.19. The maximum atomic E-state index is 13.4. The first-order valence-electron chi connectivity index (χ1n) is 4.86. The van der Waals surface area contributed by atoms with Gasteiger partial charge in [-0.25, -0.2) is 27.0 Å². The zero-order chi connectivity index (χ0) is 14.0. The molecular formula is C9H8F2N4O2S2. The minimum atomic E-state index is -4.19. The number of hydrogen-bond donors (Lipinski definition) is 2. The fraction of sp³-hybridized carbons (Fsp3) is 0.111. The molecular weight excluding hydrogens is 298 g/mol. The van der Waals surface area contributed by atoms with Crippen molar-refractivity contribution in [2.75, 3.05) is 11.0 Å². The predicted octanol–water partition coefficient (Wildman–Crippen LogP) is 1.61. The van der Waals surface area contributed by atoms with Crippen molar-refractivity contribution < 1.29 is 17.2 Å². The molecule has 0 radical (unpaired) electrons. The summed E-state index contributed by atoms with van der Waals surface area (Å²) >= 11 is 1.20. The van der Waals surface area contributed by atoms with Crippen LogP contribution in [0.4, 0.5) is 14.7 Å². The summed E-state index contributed by atoms with van der Waals surface area (Å²) in [7, 11) is -4.19. The van der Waals surface area contributed by atoms with Crippen LogP contribution in [-0.2, 0) is 10.0 Å². The summed E-state index contributed by atoms with van der Waals surface area (Å²) in [6.07, 6.45) is 1.71. The van der Waals surface area contributed by atoms with Gasteiger partial charge in [-0.3, -0.25) is 0 Å². The van der Waals surface area contributed by atoms with Crippen LogP contribution < -0.4 is 4.72 Å². The number of hydrogen-bond acceptors (Lipinski definition) is 5. The molecule has 0 unspecified atom stereocenters. The maximum Gasteiger partial charge on any atom is 0.267 e. The van der Waals surface area contributed by atoms with E-state index in [0.29, 0.717) is 11.2 Å². The van der Waals surface area contributed by atoms with Gasteiger partial charge in [0.2, 0.25) is 11.1 Å². The molecule has 6 nitrogen and oxygen atoms in total. The van der Waals surface area contributed by atoms with Gasteiger partial charge in [-0.2, -0.15) is 4.98 Å². The molecule has 1 aromatic carbocycles. The normalized spacial score (nSPS) is 11.5. The lowest BCUT2D eigenvalue weighted by Crippen LogP contribution is -2.15. The van der Waals surface area contributed by atoms with E-state index in [1.165, 1.54) is 11.8 Å². The molecule has 19 heavy (non-hydrogen) atoms. The van der Waals surface area contributed by atoms with Crippen LogP contribution in [0.1, 0.15) is 0 Å². The Balaban J connectivity index is 2.32. The van der Waals surface area contributed by atoms with Gasteiger partial charge in [0.25, 0.3) is 10.0 Å². The van der Waals surface area contributed by atoms with Crippen molar-refractivity contribution in [2.24, 2.45) is 0 Å². The molecule has 2 aromatic rings. The first kappa shape index (κ1) is 13.7. The van der Waals surface area contributed by atoms with Gasteiger partial charge in [-0.05, 0) is 18.4 Å². The highest BCUT2D eigenvalue weighted by atomic mass is 32.2. The standard InChI is InChI=1S/C9H8F2N4O2S2/c1-18-9-12-8(13-14-9)15-19(16,17)7-3-2-5(10)4-6(7)11/h2-4H,1H3,(H2,12,13,14,15). The van der Waals surface area contributed by atoms with Gasteiger partial charge in [-0.15, -0.1) is 5.10 Å². The Labute approximate surface area is 111 Å². The van der Waals surface area contributed by atoms with Crippen LogP contribution in [0.25, 0.3) is 0 Å². The Morgan fingerprint density at radius 1 is 1.37 bits per heavy atom. The predicted molar refractivity (Wildman–Crippen MR) is 65.3 cm³/mol. The van der Waals surface area contributed by atoms with Gasteiger partial charge in [0.05, 0.1) is 0 Å². The van der Waals surface area contributed by atoms with Crippen molar-refractivity contribution in [2.45, 2.75) is 10.1 Å². The fourth-order valence-corrected chi connectivity index (χ4v) is 2.60. The highest BCUT2D eigenvalue weighted by Crippen LogP contribution is 2.18. The Morgan fingerprint density at radius 3 is 2.68 bits per heavy atom. The Kier molecular flexibility index (Phi) is 3.71. The number of aromatic nitrogens is 3. The summed E-state index contributed by atoms with van der Waals surface area (Å²) in [5, 5.41) is 6.37. The van der Waals surface area contributed by atoms with E-state index in [9.17, 15) is 17.2 Å². The zero-order valence-corrected chi connectivity index (χ0v) is 11.1. The lowest BCUT2D eigenvalue weighted by molar-refractivity contribution is 0.551. The van der Waals surface area contributed by atoms with Gasteiger partial charge in [0.1, 0.15) is 16.5 Å². The van der Waals surface area contributed by atoms with E-state index in [1.54, 1.807) is 6.26 Å². The van der Waals surface area contributed by atoms with E-state index < -0.39 is 26.6 Å². The Bertz CT molecular complexity index is 702. The van der Waals surface area contributed by atoms with Crippen molar-refractivity contribution in [3.8, 4) is 0 Å². The molecule has 102 valence electrons. The third kappa shape index (κ3) is 3.01. The largest absolute Gasteiger partial charge is 0.267 e. The molecule has 0 aliphatic rings. The number of aromatic amines is 1. The van der Waals surface area contributed by atoms with Crippen molar-refractivity contribution in [3.05, 3.63) is 29.8 Å². The summed E-state index contributed by atoms with van der Waals surface area (Å²) < 4.78 is 51.9. The number of halogens is 2. The summed E-state index contributed by atoms with van der Waals surface area (Å²) in [4.78, 5) is 3.13. The number of nitrogens with zero attached hydrogens (tertiary/aromatic N) is 2. The number of H-pyrrole nitrogens is 1. The van der Waals surface area contributed by atoms with Gasteiger partial charge in [0, 0.05) is 6.07 Å². The fourth-order valence-electron chi connectivity index (χ4n) is 1.26. The molecule has 0 atom stereocenters. The van der Waals surface area contributed by atoms with Crippen molar-refractivity contribution >= 4 is 27.7 Å². The molecule has 2 N–H and O–H groups in total. The number of thioether (sulfide) groups is 1. The van der Waals surface area contributed by atoms with E-state index in [1.807, 2.05) is 4.72 Å². The average molecular weight is 306 g/mol. The SMILES string of the molecule is CSc1n[nH]c(NS(=O)(=O)c2ccc(F)cc2F)n1. The number of sulfonamides is 1. The summed E-state index contributed by atoms with van der Waals surface area (Å²) in [6.45, 7) is 0. The molecule has 0 aliphatic heterocycles. The van der Waals surface area contributed by atoms with E-state index in [0.717, 1.165) is 12.1 Å². The smallest absolute Gasteiger partial charge is 0.247 e. The highest BCUT2D eigenvalue weighted by Gasteiger charge is 2.21. The third-order valence-electron chi connectivity index (χ3n) is 2.06. The molecule has 1 aromatic heterocycles. The van der Waals surface area contributed by atoms with E-state index in [-0.39, 0.29) is 5.95 Å². The van der Waals surface area contributed by atoms with Gasteiger partial charge in [0.15, 0.2) is 0 Å². The van der Waals surface area contributed by atoms with Crippen molar-refractivity contribution in [1.82, 2.24) is 15.2 Å². The third-order valence-corrected chi connectivity index (χ3v) is 3.98. The quantitative estimate of drug-likeness (QED) is 0.838. The van der Waals surface area contributed by atoms with E-state index >= 15 is 0 Å². The minimum absolute atomic E-state index is 0.145. The average Bonchev–Trinajstić information content (AvgIpc) is 2.75. The van der Waals surface area contributed by atoms with Crippen LogP contribution in [0.15, 0.2) is 28.3 Å². The molecule has 0 bridgehead atoms. The van der Waals surface area contributed by atoms with E-state index in [4.69, 9.17) is 0 Å². The molecule has 1 heterocycles. The zero-order valence-electron chi connectivity index (χ0n) is 9.52. The van der Waals surface area contributed by atoms with Crippen LogP contribution in [0.2, 0.25) is 0 Å². The van der Waals surface area contributed by atoms with Crippen LogP contribution >= 0.6 is 11.8 Å². The minimum Gasteiger partial charge on any atom is -0.247 e. The molecule has 10 heteroatoms. The molecule has 0 spiro atoms. The van der Waals surface area contributed by atoms with Gasteiger partial charge >= 0.3 is 0 Å². The lowest BCUT2D eigenvalue weighted by Gasteiger charge is -2.05. The highest BCUT2D eigenvalue weighted by molar-refractivity contribution is 7.98. The molecule has 0 fully saturated rings. The number of nitrogens with one attached hydrogen (secondary N) is 2. The van der Waals surface area contributed by atoms with Crippen LogP contribution in [0, 0.1) is 11.6 Å². The molecule has 0 aliphatic carbocycles. The van der Waals surface area contributed by atoms with Crippen LogP contribution in [0.3, 0.4) is 0 Å². The topological polar surface area (TPSA) is 87.7 Å². The first-order valence-corrected chi connectivity index (χ1v) is 7.57. The summed E-state index contributed by atoms with van der Waals surface area (Å²) in [6, 6.07) is 2.17. The van der Waals surface area contributed by atoms with Crippen LogP contribution in [0.5, 0.6) is 0 Å². The molecule has 2 rings (SSSR count). The monoisotopic (exact) mass is 306 g/mol. The van der Waals surface area contributed by atoms with Crippen molar-refractivity contribution in [3.63, 3.8) is 0 Å². The van der Waals surface area contributed by atoms with Gasteiger partial charge < -0.3 is 0 Å². The van der Waals surface area contributed by atoms with Crippen LogP contribution in [-0.4, -0.2) is 29.9 Å². The lowest BCUT2D eigenvalue weighted by atomic mass is 10.3. The Hall–Kier alpha value is -1.68. The second-order valence-corrected chi connectivity index (χ2v) is 5.78. The van der Waals surface area contributed by atoms with E-state index in [2.05, 4.69) is 15.2 Å². The first-order chi connectivity index (χ1) is 8.92. The molecule has 0 amide bonds. The number of anilines is 1. The Morgan fingerprint density at radius 2 is 2.11 bits per heavy atom. The second kappa shape index (κ2) is 5.13.